The standard InChI is InChI=1S/C32H40I2/c1-22(2)24-12-16-26(17-13-24)28-20-21-31(4,5)30(32(28,6)7)11-9-10-29(34-8)27-18-14-25(15-19-27)23(3)33/h11-20,23H,1,9-10,21H2,2-8H3/b30-11+/t23-/m0/s1. The normalized spacial score (nSPS) is 19.8. The van der Waals surface area contributed by atoms with Crippen molar-refractivity contribution in [2.45, 2.75) is 64.7 Å². The Bertz CT molecular complexity index is 1100. The molecule has 0 nitrogen and oxygen atoms in total. The Labute approximate surface area is 231 Å². The summed E-state index contributed by atoms with van der Waals surface area (Å²) >= 11 is 2.56. The first-order valence-corrected chi connectivity index (χ1v) is 16.7. The van der Waals surface area contributed by atoms with Crippen molar-refractivity contribution < 1.29 is 0 Å². The topological polar surface area (TPSA) is 0 Å². The molecular weight excluding hydrogens is 638 g/mol. The quantitative estimate of drug-likeness (QED) is 0.155. The van der Waals surface area contributed by atoms with E-state index in [-0.39, 0.29) is 31.6 Å². The van der Waals surface area contributed by atoms with Crippen LogP contribution in [0.15, 0.2) is 72.8 Å². The molecular formula is C32H40I2. The summed E-state index contributed by atoms with van der Waals surface area (Å²) in [6, 6.07) is 18.3. The average molecular weight is 678 g/mol. The van der Waals surface area contributed by atoms with E-state index in [4.69, 9.17) is 0 Å². The number of hydrogen-bond donors (Lipinski definition) is 0. The van der Waals surface area contributed by atoms with Crippen molar-refractivity contribution >= 4 is 58.0 Å². The summed E-state index contributed by atoms with van der Waals surface area (Å²) in [4.78, 5) is 2.40. The minimum atomic E-state index is 0.0198. The maximum atomic E-state index is 4.09. The fraction of sp³-hybridized carbons (Fsp3) is 0.406. The van der Waals surface area contributed by atoms with Gasteiger partial charge in [0.05, 0.1) is 0 Å². The van der Waals surface area contributed by atoms with Crippen LogP contribution in [0, 0.1) is 10.8 Å². The Morgan fingerprint density at radius 1 is 1.03 bits per heavy atom. The molecule has 0 saturated carbocycles. The second kappa shape index (κ2) is 11.4. The molecule has 0 aliphatic heterocycles. The van der Waals surface area contributed by atoms with Crippen molar-refractivity contribution in [3.05, 3.63) is 95.1 Å². The molecule has 0 N–H and O–H groups in total. The third kappa shape index (κ3) is 6.21. The minimum Gasteiger partial charge on any atom is -0.122 e. The van der Waals surface area contributed by atoms with Crippen LogP contribution >= 0.6 is 43.3 Å². The molecule has 2 aromatic carbocycles. The van der Waals surface area contributed by atoms with Crippen LogP contribution in [0.25, 0.3) is 11.1 Å². The summed E-state index contributed by atoms with van der Waals surface area (Å²) in [6.07, 6.45) is 8.45. The van der Waals surface area contributed by atoms with Gasteiger partial charge in [-0.05, 0) is 74.8 Å². The van der Waals surface area contributed by atoms with Crippen molar-refractivity contribution in [1.29, 1.82) is 0 Å². The molecule has 1 aliphatic rings. The fourth-order valence-corrected chi connectivity index (χ4v) is 7.53. The zero-order chi connectivity index (χ0) is 25.1. The van der Waals surface area contributed by atoms with Crippen LogP contribution in [0.1, 0.15) is 87.0 Å². The summed E-state index contributed by atoms with van der Waals surface area (Å²) in [6.45, 7) is 18.1. The van der Waals surface area contributed by atoms with Crippen LogP contribution in [0.2, 0.25) is 0 Å². The van der Waals surface area contributed by atoms with Gasteiger partial charge in [0.2, 0.25) is 0 Å². The molecule has 0 spiro atoms. The van der Waals surface area contributed by atoms with Gasteiger partial charge in [-0.1, -0.05) is 129 Å². The average Bonchev–Trinajstić information content (AvgIpc) is 2.78. The highest BCUT2D eigenvalue weighted by Crippen LogP contribution is 2.54. The van der Waals surface area contributed by atoms with Crippen molar-refractivity contribution in [3.8, 4) is 0 Å². The van der Waals surface area contributed by atoms with Gasteiger partial charge in [-0.25, -0.2) is 0 Å². The highest BCUT2D eigenvalue weighted by molar-refractivity contribution is 14.2. The lowest BCUT2D eigenvalue weighted by Crippen LogP contribution is -2.32. The molecule has 3 rings (SSSR count). The van der Waals surface area contributed by atoms with E-state index in [0.717, 1.165) is 18.4 Å². The zero-order valence-electron chi connectivity index (χ0n) is 21.9. The zero-order valence-corrected chi connectivity index (χ0v) is 26.3. The van der Waals surface area contributed by atoms with Crippen molar-refractivity contribution in [2.24, 2.45) is 10.8 Å². The Kier molecular flexibility index (Phi) is 9.22. The highest BCUT2D eigenvalue weighted by atomic mass is 127. The number of benzene rings is 2. The van der Waals surface area contributed by atoms with Crippen LogP contribution in [0.5, 0.6) is 0 Å². The van der Waals surface area contributed by atoms with E-state index >= 15 is 0 Å². The molecule has 0 radical (unpaired) electrons. The summed E-state index contributed by atoms with van der Waals surface area (Å²) < 4.78 is 2.23. The van der Waals surface area contributed by atoms with Crippen LogP contribution < -0.4 is 0 Å². The van der Waals surface area contributed by atoms with E-state index in [2.05, 4.69) is 136 Å². The van der Waals surface area contributed by atoms with E-state index in [0.29, 0.717) is 3.92 Å². The molecule has 34 heavy (non-hydrogen) atoms. The lowest BCUT2D eigenvalue weighted by molar-refractivity contribution is 0.352. The van der Waals surface area contributed by atoms with Gasteiger partial charge in [-0.2, -0.15) is 0 Å². The minimum absolute atomic E-state index is 0.0198. The molecule has 1 atom stereocenters. The maximum Gasteiger partial charge on any atom is 0.0331 e. The fourth-order valence-electron chi connectivity index (χ4n) is 5.28. The number of alkyl halides is 2. The molecule has 0 saturated heterocycles. The summed E-state index contributed by atoms with van der Waals surface area (Å²) in [5.74, 6) is 0. The molecule has 2 aromatic rings. The van der Waals surface area contributed by atoms with Gasteiger partial charge in [-0.3, -0.25) is 0 Å². The first kappa shape index (κ1) is 27.6. The number of halogens is 2. The molecule has 0 heterocycles. The summed E-state index contributed by atoms with van der Waals surface area (Å²) in [5.41, 5.74) is 9.81. The maximum absolute atomic E-state index is 4.09. The van der Waals surface area contributed by atoms with Gasteiger partial charge in [0.25, 0.3) is 0 Å². The number of allylic oxidation sites excluding steroid dienone is 5. The van der Waals surface area contributed by atoms with Gasteiger partial charge in [0, 0.05) is 9.34 Å². The van der Waals surface area contributed by atoms with Crippen LogP contribution in [-0.4, -0.2) is 8.44 Å². The van der Waals surface area contributed by atoms with Gasteiger partial charge in [-0.15, -0.1) is 20.7 Å². The monoisotopic (exact) mass is 678 g/mol. The Balaban J connectivity index is 1.83. The molecule has 0 unspecified atom stereocenters. The largest absolute Gasteiger partial charge is 0.122 e. The molecule has 0 bridgehead atoms. The molecule has 1 aliphatic carbocycles. The van der Waals surface area contributed by atoms with Crippen LogP contribution in [0.3, 0.4) is 0 Å². The van der Waals surface area contributed by atoms with E-state index in [1.165, 1.54) is 34.2 Å². The van der Waals surface area contributed by atoms with Crippen LogP contribution in [0.4, 0.5) is 0 Å². The van der Waals surface area contributed by atoms with Gasteiger partial charge >= 0.3 is 0 Å². The van der Waals surface area contributed by atoms with E-state index in [1.54, 1.807) is 9.08 Å². The van der Waals surface area contributed by atoms with Crippen LogP contribution in [-0.2, 0) is 0 Å². The molecule has 182 valence electrons. The molecule has 2 heteroatoms. The third-order valence-corrected chi connectivity index (χ3v) is 10.4. The predicted molar refractivity (Wildman–Crippen MR) is 172 cm³/mol. The second-order valence-electron chi connectivity index (χ2n) is 10.7. The lowest BCUT2D eigenvalue weighted by atomic mass is 9.59. The SMILES string of the molecule is C=C(C)c1ccc(C2=CCC(C)(C)/C(=C\CCC(=IC)c3ccc([C@H](C)I)cc3)C2(C)C)cc1. The van der Waals surface area contributed by atoms with Crippen molar-refractivity contribution in [2.75, 3.05) is 4.93 Å². The third-order valence-electron chi connectivity index (χ3n) is 7.20. The first-order valence-electron chi connectivity index (χ1n) is 12.2. The second-order valence-corrected chi connectivity index (χ2v) is 14.9. The molecule has 0 amide bonds. The van der Waals surface area contributed by atoms with Gasteiger partial charge in [0.15, 0.2) is 0 Å². The lowest BCUT2D eigenvalue weighted by Gasteiger charge is -2.45. The van der Waals surface area contributed by atoms with Crippen molar-refractivity contribution in [1.82, 2.24) is 0 Å². The van der Waals surface area contributed by atoms with Gasteiger partial charge in [0.1, 0.15) is 0 Å². The Morgan fingerprint density at radius 3 is 2.15 bits per heavy atom. The highest BCUT2D eigenvalue weighted by Gasteiger charge is 2.40. The summed E-state index contributed by atoms with van der Waals surface area (Å²) in [5, 5.41) is 0. The Morgan fingerprint density at radius 2 is 1.62 bits per heavy atom. The Hall–Kier alpha value is -1.01. The van der Waals surface area contributed by atoms with E-state index in [9.17, 15) is 0 Å². The first-order chi connectivity index (χ1) is 16.0. The summed E-state index contributed by atoms with van der Waals surface area (Å²) in [7, 11) is 0. The number of rotatable bonds is 7. The number of hydrogen-bond acceptors (Lipinski definition) is 0. The van der Waals surface area contributed by atoms with Crippen molar-refractivity contribution in [3.63, 3.8) is 0 Å². The van der Waals surface area contributed by atoms with E-state index in [1.807, 2.05) is 0 Å². The predicted octanol–water partition coefficient (Wildman–Crippen LogP) is 10.6. The van der Waals surface area contributed by atoms with Gasteiger partial charge < -0.3 is 0 Å². The smallest absolute Gasteiger partial charge is 0.0331 e. The molecule has 0 aromatic heterocycles. The molecule has 0 fully saturated rings. The van der Waals surface area contributed by atoms with E-state index < -0.39 is 0 Å².